The van der Waals surface area contributed by atoms with Gasteiger partial charge in [-0.25, -0.2) is 8.42 Å². The van der Waals surface area contributed by atoms with E-state index in [0.717, 1.165) is 57.3 Å². The summed E-state index contributed by atoms with van der Waals surface area (Å²) in [6.07, 6.45) is 5.84. The molecule has 1 heterocycles. The van der Waals surface area contributed by atoms with Gasteiger partial charge in [-0.15, -0.1) is 0 Å². The van der Waals surface area contributed by atoms with Crippen molar-refractivity contribution in [1.82, 2.24) is 9.80 Å². The summed E-state index contributed by atoms with van der Waals surface area (Å²) in [5.41, 5.74) is 1.15. The summed E-state index contributed by atoms with van der Waals surface area (Å²) in [5.74, 6) is 0.428. The summed E-state index contributed by atoms with van der Waals surface area (Å²) in [5, 5.41) is 0. The van der Waals surface area contributed by atoms with E-state index < -0.39 is 9.84 Å². The zero-order valence-corrected chi connectivity index (χ0v) is 19.4. The lowest BCUT2D eigenvalue weighted by Crippen LogP contribution is -2.49. The van der Waals surface area contributed by atoms with Crippen LogP contribution in [-0.4, -0.2) is 61.6 Å². The van der Waals surface area contributed by atoms with E-state index in [4.69, 9.17) is 0 Å². The van der Waals surface area contributed by atoms with E-state index >= 15 is 0 Å². The third-order valence-corrected chi connectivity index (χ3v) is 7.92. The monoisotopic (exact) mass is 422 g/mol. The molecule has 1 aliphatic rings. The second-order valence-corrected chi connectivity index (χ2v) is 10.4. The lowest BCUT2D eigenvalue weighted by molar-refractivity contribution is -0.131. The van der Waals surface area contributed by atoms with Crippen molar-refractivity contribution < 1.29 is 13.2 Å². The number of rotatable bonds is 10. The van der Waals surface area contributed by atoms with Crippen LogP contribution in [0.15, 0.2) is 29.2 Å². The molecule has 164 valence electrons. The number of sulfone groups is 1. The smallest absolute Gasteiger partial charge is 0.222 e. The number of hydrogen-bond donors (Lipinski definition) is 0. The molecule has 2 atom stereocenters. The zero-order valence-electron chi connectivity index (χ0n) is 18.6. The first-order chi connectivity index (χ1) is 13.8. The summed E-state index contributed by atoms with van der Waals surface area (Å²) in [6, 6.07) is 7.99. The van der Waals surface area contributed by atoms with Crippen molar-refractivity contribution in [3.63, 3.8) is 0 Å². The van der Waals surface area contributed by atoms with Gasteiger partial charge in [0.15, 0.2) is 9.84 Å². The summed E-state index contributed by atoms with van der Waals surface area (Å²) in [4.78, 5) is 17.4. The minimum absolute atomic E-state index is 0.125. The highest BCUT2D eigenvalue weighted by atomic mass is 32.2. The van der Waals surface area contributed by atoms with Gasteiger partial charge in [-0.05, 0) is 56.8 Å². The maximum absolute atomic E-state index is 12.4. The fourth-order valence-corrected chi connectivity index (χ4v) is 5.23. The lowest BCUT2D eigenvalue weighted by Gasteiger charge is -2.38. The average Bonchev–Trinajstić information content (AvgIpc) is 2.92. The Balaban J connectivity index is 2.05. The molecule has 5 nitrogen and oxygen atoms in total. The van der Waals surface area contributed by atoms with Gasteiger partial charge < -0.3 is 4.90 Å². The number of nitrogens with zero attached hydrogens (tertiary/aromatic N) is 2. The van der Waals surface area contributed by atoms with Gasteiger partial charge in [0.25, 0.3) is 0 Å². The Hall–Kier alpha value is -1.40. The van der Waals surface area contributed by atoms with E-state index in [0.29, 0.717) is 29.3 Å². The molecule has 2 rings (SSSR count). The second kappa shape index (κ2) is 11.1. The maximum atomic E-state index is 12.4. The third kappa shape index (κ3) is 6.54. The van der Waals surface area contributed by atoms with E-state index in [-0.39, 0.29) is 5.75 Å². The standard InChI is InChI=1S/C23H38N2O3S/c1-5-21(18-24-16-10-8-9-11-23(24)26)25(6-2)19(4)17-20-12-14-22(15-13-20)29(27,28)7-3/h12-15,19,21H,5-11,16-18H2,1-4H3. The molecule has 2 unspecified atom stereocenters. The van der Waals surface area contributed by atoms with Crippen molar-refractivity contribution in [3.8, 4) is 0 Å². The van der Waals surface area contributed by atoms with Crippen LogP contribution in [0.5, 0.6) is 0 Å². The minimum atomic E-state index is -3.15. The number of benzene rings is 1. The quantitative estimate of drug-likeness (QED) is 0.573. The topological polar surface area (TPSA) is 57.7 Å². The Bertz CT molecular complexity index is 746. The second-order valence-electron chi connectivity index (χ2n) is 8.14. The minimum Gasteiger partial charge on any atom is -0.341 e. The normalized spacial score (nSPS) is 18.0. The van der Waals surface area contributed by atoms with Gasteiger partial charge in [-0.1, -0.05) is 39.3 Å². The number of likely N-dealkylation sites (N-methyl/N-ethyl adjacent to an activating group) is 1. The van der Waals surface area contributed by atoms with E-state index in [2.05, 4.69) is 30.6 Å². The van der Waals surface area contributed by atoms with Crippen molar-refractivity contribution in [3.05, 3.63) is 29.8 Å². The van der Waals surface area contributed by atoms with Crippen molar-refractivity contribution in [1.29, 1.82) is 0 Å². The van der Waals surface area contributed by atoms with Crippen molar-refractivity contribution >= 4 is 15.7 Å². The summed E-state index contributed by atoms with van der Waals surface area (Å²) < 4.78 is 24.0. The number of hydrogen-bond acceptors (Lipinski definition) is 4. The molecule has 0 saturated carbocycles. The molecule has 0 spiro atoms. The Morgan fingerprint density at radius 3 is 2.34 bits per heavy atom. The van der Waals surface area contributed by atoms with E-state index in [9.17, 15) is 13.2 Å². The van der Waals surface area contributed by atoms with Crippen molar-refractivity contribution in [2.24, 2.45) is 0 Å². The Labute approximate surface area is 177 Å². The van der Waals surface area contributed by atoms with Crippen LogP contribution in [0, 0.1) is 0 Å². The van der Waals surface area contributed by atoms with Gasteiger partial charge >= 0.3 is 0 Å². The Morgan fingerprint density at radius 1 is 1.07 bits per heavy atom. The van der Waals surface area contributed by atoms with E-state index in [1.54, 1.807) is 19.1 Å². The largest absolute Gasteiger partial charge is 0.341 e. The van der Waals surface area contributed by atoms with Crippen LogP contribution < -0.4 is 0 Å². The molecule has 1 aromatic carbocycles. The molecule has 29 heavy (non-hydrogen) atoms. The molecule has 6 heteroatoms. The fraction of sp³-hybridized carbons (Fsp3) is 0.696. The molecular formula is C23H38N2O3S. The van der Waals surface area contributed by atoms with Crippen molar-refractivity contribution in [2.45, 2.75) is 83.2 Å². The van der Waals surface area contributed by atoms with Crippen LogP contribution in [-0.2, 0) is 21.1 Å². The van der Waals surface area contributed by atoms with E-state index in [1.807, 2.05) is 12.1 Å². The lowest BCUT2D eigenvalue weighted by atomic mass is 10.0. The number of carbonyl (C=O) groups is 1. The summed E-state index contributed by atoms with van der Waals surface area (Å²) >= 11 is 0. The van der Waals surface area contributed by atoms with Gasteiger partial charge in [-0.3, -0.25) is 9.69 Å². The highest BCUT2D eigenvalue weighted by Crippen LogP contribution is 2.19. The molecule has 0 N–H and O–H groups in total. The molecule has 0 radical (unpaired) electrons. The van der Waals surface area contributed by atoms with Crippen LogP contribution in [0.3, 0.4) is 0 Å². The number of carbonyl (C=O) groups excluding carboxylic acids is 1. The number of amides is 1. The molecule has 1 aromatic rings. The molecule has 0 aliphatic carbocycles. The third-order valence-electron chi connectivity index (χ3n) is 6.17. The van der Waals surface area contributed by atoms with Crippen LogP contribution in [0.25, 0.3) is 0 Å². The molecule has 1 saturated heterocycles. The van der Waals surface area contributed by atoms with Crippen LogP contribution in [0.1, 0.15) is 65.4 Å². The molecule has 0 bridgehead atoms. The van der Waals surface area contributed by atoms with Gasteiger partial charge in [0.2, 0.25) is 5.91 Å². The van der Waals surface area contributed by atoms with Gasteiger partial charge in [0, 0.05) is 31.6 Å². The first-order valence-corrected chi connectivity index (χ1v) is 12.8. The number of likely N-dealkylation sites (tertiary alicyclic amines) is 1. The molecular weight excluding hydrogens is 384 g/mol. The van der Waals surface area contributed by atoms with Gasteiger partial charge in [0.05, 0.1) is 10.6 Å². The molecule has 0 aromatic heterocycles. The molecule has 1 amide bonds. The highest BCUT2D eigenvalue weighted by molar-refractivity contribution is 7.91. The predicted molar refractivity (Wildman–Crippen MR) is 119 cm³/mol. The SMILES string of the molecule is CCC(CN1CCCCCC1=O)N(CC)C(C)Cc1ccc(S(=O)(=O)CC)cc1. The highest BCUT2D eigenvalue weighted by Gasteiger charge is 2.26. The van der Waals surface area contributed by atoms with Crippen LogP contribution >= 0.6 is 0 Å². The molecule has 1 aliphatic heterocycles. The summed E-state index contributed by atoms with van der Waals surface area (Å²) in [7, 11) is -3.15. The fourth-order valence-electron chi connectivity index (χ4n) is 4.34. The first-order valence-electron chi connectivity index (χ1n) is 11.2. The zero-order chi connectivity index (χ0) is 21.4. The Morgan fingerprint density at radius 2 is 1.76 bits per heavy atom. The maximum Gasteiger partial charge on any atom is 0.222 e. The van der Waals surface area contributed by atoms with Gasteiger partial charge in [0.1, 0.15) is 0 Å². The average molecular weight is 423 g/mol. The molecule has 1 fully saturated rings. The van der Waals surface area contributed by atoms with Crippen LogP contribution in [0.4, 0.5) is 0 Å². The van der Waals surface area contributed by atoms with Gasteiger partial charge in [-0.2, -0.15) is 0 Å². The summed E-state index contributed by atoms with van der Waals surface area (Å²) in [6.45, 7) is 10.9. The first kappa shape index (κ1) is 23.9. The predicted octanol–water partition coefficient (Wildman–Crippen LogP) is 3.91. The Kier molecular flexibility index (Phi) is 9.15. The van der Waals surface area contributed by atoms with Crippen molar-refractivity contribution in [2.75, 3.05) is 25.4 Å². The van der Waals surface area contributed by atoms with E-state index in [1.165, 1.54) is 0 Å². The van der Waals surface area contributed by atoms with Crippen LogP contribution in [0.2, 0.25) is 0 Å².